The molecule has 0 amide bonds. The lowest BCUT2D eigenvalue weighted by atomic mass is 9.93. The van der Waals surface area contributed by atoms with Gasteiger partial charge in [-0.05, 0) is 24.1 Å². The summed E-state index contributed by atoms with van der Waals surface area (Å²) >= 11 is 0. The number of carboxylic acids is 3. The molecule has 0 radical (unpaired) electrons. The molecule has 2 aliphatic heterocycles. The maximum Gasteiger partial charge on any atom is 0.490 e. The van der Waals surface area contributed by atoms with Crippen molar-refractivity contribution in [3.8, 4) is 0 Å². The van der Waals surface area contributed by atoms with Crippen molar-refractivity contribution < 1.29 is 78.3 Å². The van der Waals surface area contributed by atoms with Crippen LogP contribution >= 0.6 is 0 Å². The van der Waals surface area contributed by atoms with Gasteiger partial charge in [-0.1, -0.05) is 0 Å². The lowest BCUT2D eigenvalue weighted by Crippen LogP contribution is -2.47. The summed E-state index contributed by atoms with van der Waals surface area (Å²) in [6.45, 7) is 5.26. The van der Waals surface area contributed by atoms with E-state index in [2.05, 4.69) is 36.9 Å². The monoisotopic (exact) mass is 685 g/mol. The van der Waals surface area contributed by atoms with Crippen molar-refractivity contribution >= 4 is 23.9 Å². The molecule has 0 aromatic carbocycles. The second kappa shape index (κ2) is 17.4. The second-order valence-electron chi connectivity index (χ2n) is 9.10. The van der Waals surface area contributed by atoms with E-state index in [1.54, 1.807) is 0 Å². The van der Waals surface area contributed by atoms with Gasteiger partial charge in [0, 0.05) is 51.0 Å². The molecular formula is C24H25F10N5O7. The van der Waals surface area contributed by atoms with Crippen molar-refractivity contribution in [2.24, 2.45) is 5.92 Å². The highest BCUT2D eigenvalue weighted by molar-refractivity contribution is 5.73. The van der Waals surface area contributed by atoms with E-state index >= 15 is 0 Å². The predicted molar refractivity (Wildman–Crippen MR) is 133 cm³/mol. The summed E-state index contributed by atoms with van der Waals surface area (Å²) in [7, 11) is 0. The molecule has 4 rings (SSSR count). The van der Waals surface area contributed by atoms with Crippen molar-refractivity contribution in [2.45, 2.75) is 37.6 Å². The maximum atomic E-state index is 13.0. The zero-order valence-corrected chi connectivity index (χ0v) is 23.1. The third-order valence-electron chi connectivity index (χ3n) is 5.70. The maximum absolute atomic E-state index is 13.0. The summed E-state index contributed by atoms with van der Waals surface area (Å²) in [4.78, 5) is 43.5. The number of anilines is 1. The van der Waals surface area contributed by atoms with Gasteiger partial charge in [0.1, 0.15) is 0 Å². The zero-order chi connectivity index (χ0) is 35.3. The van der Waals surface area contributed by atoms with E-state index in [-0.39, 0.29) is 6.10 Å². The largest absolute Gasteiger partial charge is 0.490 e. The van der Waals surface area contributed by atoms with Crippen LogP contribution in [-0.2, 0) is 25.7 Å². The summed E-state index contributed by atoms with van der Waals surface area (Å²) in [5, 5.41) is 21.4. The van der Waals surface area contributed by atoms with Gasteiger partial charge in [0.25, 0.3) is 0 Å². The summed E-state index contributed by atoms with van der Waals surface area (Å²) < 4.78 is 114. The van der Waals surface area contributed by atoms with E-state index in [1.807, 2.05) is 12.4 Å². The number of hydrogen-bond donors (Lipinski definition) is 3. The van der Waals surface area contributed by atoms with Gasteiger partial charge in [-0.15, -0.1) is 0 Å². The first-order chi connectivity index (χ1) is 21.1. The van der Waals surface area contributed by atoms with Crippen LogP contribution in [0.1, 0.15) is 12.0 Å². The highest BCUT2D eigenvalue weighted by Crippen LogP contribution is 2.26. The minimum absolute atomic E-state index is 0.171. The second-order valence-corrected chi connectivity index (χ2v) is 9.10. The highest BCUT2D eigenvalue weighted by Gasteiger charge is 2.39. The van der Waals surface area contributed by atoms with Gasteiger partial charge < -0.3 is 25.0 Å². The van der Waals surface area contributed by atoms with Crippen molar-refractivity contribution in [2.75, 3.05) is 37.7 Å². The SMILES string of the molecule is Fc1cnc(N2CC[C@@H]3CN(Cc4ccncc4)CCO[C@@H]3C2)nc1.O=C(O)C(F)(F)F.O=C(O)C(F)(F)F.O=C(O)C(F)(F)F. The molecule has 0 spiro atoms. The quantitative estimate of drug-likeness (QED) is 0.403. The lowest BCUT2D eigenvalue weighted by molar-refractivity contribution is -0.193. The van der Waals surface area contributed by atoms with Crippen molar-refractivity contribution in [1.82, 2.24) is 19.9 Å². The number of aliphatic carboxylic acids is 3. The molecule has 258 valence electrons. The summed E-state index contributed by atoms with van der Waals surface area (Å²) in [5.74, 6) is -7.59. The molecule has 2 atom stereocenters. The number of pyridine rings is 1. The Hall–Kier alpha value is -4.34. The number of ether oxygens (including phenoxy) is 1. The molecule has 0 aliphatic carbocycles. The molecule has 2 fully saturated rings. The summed E-state index contributed by atoms with van der Waals surface area (Å²) in [6, 6.07) is 4.13. The lowest BCUT2D eigenvalue weighted by Gasteiger charge is -2.38. The molecule has 0 saturated carbocycles. The van der Waals surface area contributed by atoms with Crippen LogP contribution in [0.4, 0.5) is 49.9 Å². The van der Waals surface area contributed by atoms with E-state index in [1.165, 1.54) is 18.0 Å². The van der Waals surface area contributed by atoms with E-state index in [0.717, 1.165) is 45.8 Å². The average molecular weight is 685 g/mol. The number of aromatic nitrogens is 3. The molecule has 0 unspecified atom stereocenters. The first kappa shape index (κ1) is 39.7. The Labute approximate surface area is 252 Å². The zero-order valence-electron chi connectivity index (χ0n) is 23.1. The number of carbonyl (C=O) groups is 3. The van der Waals surface area contributed by atoms with Crippen LogP contribution in [0, 0.1) is 11.7 Å². The summed E-state index contributed by atoms with van der Waals surface area (Å²) in [5.41, 5.74) is 1.28. The van der Waals surface area contributed by atoms with Gasteiger partial charge in [0.05, 0.1) is 25.1 Å². The molecule has 4 heterocycles. The van der Waals surface area contributed by atoms with Crippen LogP contribution in [0.5, 0.6) is 0 Å². The Balaban J connectivity index is 0.000000413. The summed E-state index contributed by atoms with van der Waals surface area (Å²) in [6.07, 6.45) is -7.93. The predicted octanol–water partition coefficient (Wildman–Crippen LogP) is 3.64. The van der Waals surface area contributed by atoms with Crippen LogP contribution in [0.2, 0.25) is 0 Å². The van der Waals surface area contributed by atoms with Crippen molar-refractivity contribution in [1.29, 1.82) is 0 Å². The standard InChI is InChI=1S/C18H22FN5O.3C2HF3O2/c19-16-9-21-18(22-10-16)24-6-3-15-12-23(7-8-25-17(15)13-24)11-14-1-4-20-5-2-14;3*3-2(4,5)1(6)7/h1-2,4-5,9-10,15,17H,3,6-8,11-13H2;3*(H,6,7)/t15-,17-;;;/m1.../s1. The molecular weight excluding hydrogens is 660 g/mol. The van der Waals surface area contributed by atoms with Gasteiger partial charge in [0.2, 0.25) is 5.95 Å². The Morgan fingerprint density at radius 2 is 1.26 bits per heavy atom. The van der Waals surface area contributed by atoms with Gasteiger partial charge in [0.15, 0.2) is 5.82 Å². The van der Waals surface area contributed by atoms with E-state index in [9.17, 15) is 43.9 Å². The van der Waals surface area contributed by atoms with Crippen LogP contribution in [0.3, 0.4) is 0 Å². The van der Waals surface area contributed by atoms with E-state index in [4.69, 9.17) is 34.4 Å². The Kier molecular flexibility index (Phi) is 15.0. The molecule has 3 N–H and O–H groups in total. The van der Waals surface area contributed by atoms with Crippen LogP contribution in [0.25, 0.3) is 0 Å². The Bertz CT molecular complexity index is 1190. The van der Waals surface area contributed by atoms with Crippen LogP contribution in [-0.4, -0.2) is 110 Å². The normalized spacial score (nSPS) is 18.5. The first-order valence-electron chi connectivity index (χ1n) is 12.5. The van der Waals surface area contributed by atoms with Gasteiger partial charge in [-0.25, -0.2) is 28.7 Å². The molecule has 22 heteroatoms. The van der Waals surface area contributed by atoms with Crippen molar-refractivity contribution in [3.63, 3.8) is 0 Å². The molecule has 0 bridgehead atoms. The minimum atomic E-state index is -5.08. The number of halogens is 10. The fraction of sp³-hybridized carbons (Fsp3) is 0.500. The number of piperidine rings is 1. The fourth-order valence-corrected chi connectivity index (χ4v) is 3.66. The van der Waals surface area contributed by atoms with E-state index in [0.29, 0.717) is 11.9 Å². The number of alkyl halides is 9. The average Bonchev–Trinajstić information content (AvgIpc) is 3.14. The Morgan fingerprint density at radius 3 is 1.70 bits per heavy atom. The number of carboxylic acid groups (broad SMARTS) is 3. The first-order valence-corrected chi connectivity index (χ1v) is 12.5. The highest BCUT2D eigenvalue weighted by atomic mass is 19.4. The molecule has 2 aliphatic rings. The Morgan fingerprint density at radius 1 is 0.804 bits per heavy atom. The number of hydrogen-bond acceptors (Lipinski definition) is 9. The van der Waals surface area contributed by atoms with Gasteiger partial charge in [-0.3, -0.25) is 9.88 Å². The number of fused-ring (bicyclic) bond motifs is 1. The minimum Gasteiger partial charge on any atom is -0.475 e. The molecule has 46 heavy (non-hydrogen) atoms. The topological polar surface area (TPSA) is 166 Å². The van der Waals surface area contributed by atoms with Crippen molar-refractivity contribution in [3.05, 3.63) is 48.3 Å². The van der Waals surface area contributed by atoms with Gasteiger partial charge in [-0.2, -0.15) is 39.5 Å². The number of nitrogens with zero attached hydrogens (tertiary/aromatic N) is 5. The van der Waals surface area contributed by atoms with Gasteiger partial charge >= 0.3 is 36.4 Å². The molecule has 2 aromatic rings. The fourth-order valence-electron chi connectivity index (χ4n) is 3.66. The van der Waals surface area contributed by atoms with Crippen LogP contribution < -0.4 is 4.90 Å². The smallest absolute Gasteiger partial charge is 0.475 e. The third-order valence-corrected chi connectivity index (χ3v) is 5.70. The number of rotatable bonds is 3. The van der Waals surface area contributed by atoms with E-state index < -0.39 is 42.3 Å². The third kappa shape index (κ3) is 15.1. The molecule has 2 saturated heterocycles. The molecule has 2 aromatic heterocycles. The molecule has 12 nitrogen and oxygen atoms in total. The van der Waals surface area contributed by atoms with Crippen LogP contribution in [0.15, 0.2) is 36.9 Å².